The predicted molar refractivity (Wildman–Crippen MR) is 107 cm³/mol. The minimum absolute atomic E-state index is 0.0102. The summed E-state index contributed by atoms with van der Waals surface area (Å²) in [6.07, 6.45) is 2.55. The lowest BCUT2D eigenvalue weighted by Crippen LogP contribution is -2.45. The van der Waals surface area contributed by atoms with Crippen molar-refractivity contribution in [3.05, 3.63) is 47.7 Å². The summed E-state index contributed by atoms with van der Waals surface area (Å²) in [4.78, 5) is 29.5. The van der Waals surface area contributed by atoms with Crippen LogP contribution < -0.4 is 0 Å². The van der Waals surface area contributed by atoms with Crippen LogP contribution in [0.15, 0.2) is 34.7 Å². The van der Waals surface area contributed by atoms with Crippen molar-refractivity contribution < 1.29 is 14.0 Å². The van der Waals surface area contributed by atoms with Crippen LogP contribution in [0.3, 0.4) is 0 Å². The van der Waals surface area contributed by atoms with Crippen molar-refractivity contribution in [2.45, 2.75) is 46.1 Å². The minimum atomic E-state index is -0.226. The summed E-state index contributed by atoms with van der Waals surface area (Å²) in [5.41, 5.74) is 0.642. The van der Waals surface area contributed by atoms with Gasteiger partial charge in [0.15, 0.2) is 0 Å². The molecule has 2 aliphatic heterocycles. The van der Waals surface area contributed by atoms with Gasteiger partial charge in [0.2, 0.25) is 17.7 Å². The SMILES string of the molecule is Cc1nnc(C2CC3(CCN(C(=O)C(C)C)CC3)CN2C(=O)c2ccccc2)o1. The average molecular weight is 396 g/mol. The topological polar surface area (TPSA) is 79.5 Å². The van der Waals surface area contributed by atoms with Crippen LogP contribution in [-0.4, -0.2) is 51.4 Å². The smallest absolute Gasteiger partial charge is 0.254 e. The highest BCUT2D eigenvalue weighted by Crippen LogP contribution is 2.49. The van der Waals surface area contributed by atoms with Gasteiger partial charge in [0, 0.05) is 38.0 Å². The van der Waals surface area contributed by atoms with E-state index in [2.05, 4.69) is 10.2 Å². The van der Waals surface area contributed by atoms with E-state index >= 15 is 0 Å². The Balaban J connectivity index is 1.57. The van der Waals surface area contributed by atoms with Crippen LogP contribution in [0.25, 0.3) is 0 Å². The molecular weight excluding hydrogens is 368 g/mol. The van der Waals surface area contributed by atoms with Crippen molar-refractivity contribution in [1.29, 1.82) is 0 Å². The number of aryl methyl sites for hydroxylation is 1. The lowest BCUT2D eigenvalue weighted by molar-refractivity contribution is -0.136. The van der Waals surface area contributed by atoms with Gasteiger partial charge in [0.25, 0.3) is 5.91 Å². The van der Waals surface area contributed by atoms with Gasteiger partial charge >= 0.3 is 0 Å². The minimum Gasteiger partial charge on any atom is -0.423 e. The quantitative estimate of drug-likeness (QED) is 0.796. The van der Waals surface area contributed by atoms with Gasteiger partial charge in [-0.3, -0.25) is 9.59 Å². The predicted octanol–water partition coefficient (Wildman–Crippen LogP) is 3.23. The number of piperidine rings is 1. The molecule has 0 N–H and O–H groups in total. The molecule has 0 saturated carbocycles. The zero-order valence-electron chi connectivity index (χ0n) is 17.3. The van der Waals surface area contributed by atoms with E-state index in [1.54, 1.807) is 6.92 Å². The summed E-state index contributed by atoms with van der Waals surface area (Å²) in [5, 5.41) is 8.20. The van der Waals surface area contributed by atoms with Crippen molar-refractivity contribution in [2.24, 2.45) is 11.3 Å². The molecule has 2 saturated heterocycles. The van der Waals surface area contributed by atoms with Crippen molar-refractivity contribution in [1.82, 2.24) is 20.0 Å². The third kappa shape index (κ3) is 3.78. The Hall–Kier alpha value is -2.70. The maximum atomic E-state index is 13.3. The van der Waals surface area contributed by atoms with Crippen LogP contribution in [0, 0.1) is 18.3 Å². The fraction of sp³-hybridized carbons (Fsp3) is 0.545. The molecule has 0 aliphatic carbocycles. The summed E-state index contributed by atoms with van der Waals surface area (Å²) in [5.74, 6) is 1.22. The highest BCUT2D eigenvalue weighted by Gasteiger charge is 2.50. The first kappa shape index (κ1) is 19.6. The lowest BCUT2D eigenvalue weighted by Gasteiger charge is -2.39. The Morgan fingerprint density at radius 3 is 2.41 bits per heavy atom. The summed E-state index contributed by atoms with van der Waals surface area (Å²) < 4.78 is 5.73. The highest BCUT2D eigenvalue weighted by molar-refractivity contribution is 5.94. The molecule has 1 atom stereocenters. The van der Waals surface area contributed by atoms with Gasteiger partial charge in [0.1, 0.15) is 6.04 Å². The normalized spacial score (nSPS) is 21.2. The Bertz CT molecular complexity index is 884. The number of nitrogens with zero attached hydrogens (tertiary/aromatic N) is 4. The van der Waals surface area contributed by atoms with E-state index < -0.39 is 0 Å². The van der Waals surface area contributed by atoms with Gasteiger partial charge in [-0.1, -0.05) is 32.0 Å². The van der Waals surface area contributed by atoms with Gasteiger partial charge in [-0.05, 0) is 36.8 Å². The fourth-order valence-corrected chi connectivity index (χ4v) is 4.61. The summed E-state index contributed by atoms with van der Waals surface area (Å²) in [6.45, 7) is 7.77. The average Bonchev–Trinajstić information content (AvgIpc) is 3.32. The molecule has 3 heterocycles. The number of benzene rings is 1. The van der Waals surface area contributed by atoms with Crippen LogP contribution in [0.5, 0.6) is 0 Å². The first-order valence-electron chi connectivity index (χ1n) is 10.3. The molecule has 7 nitrogen and oxygen atoms in total. The zero-order valence-corrected chi connectivity index (χ0v) is 17.3. The molecule has 2 fully saturated rings. The summed E-state index contributed by atoms with van der Waals surface area (Å²) in [7, 11) is 0. The monoisotopic (exact) mass is 396 g/mol. The number of rotatable bonds is 3. The Morgan fingerprint density at radius 1 is 1.14 bits per heavy atom. The molecule has 1 aromatic heterocycles. The second-order valence-corrected chi connectivity index (χ2v) is 8.66. The molecule has 154 valence electrons. The van der Waals surface area contributed by atoms with Crippen LogP contribution >= 0.6 is 0 Å². The molecule has 4 rings (SSSR count). The first-order valence-corrected chi connectivity index (χ1v) is 10.3. The van der Waals surface area contributed by atoms with E-state index in [4.69, 9.17) is 4.42 Å². The first-order chi connectivity index (χ1) is 13.9. The molecule has 29 heavy (non-hydrogen) atoms. The fourth-order valence-electron chi connectivity index (χ4n) is 4.61. The third-order valence-corrected chi connectivity index (χ3v) is 6.25. The Morgan fingerprint density at radius 2 is 1.83 bits per heavy atom. The largest absolute Gasteiger partial charge is 0.423 e. The van der Waals surface area contributed by atoms with Gasteiger partial charge in [-0.2, -0.15) is 0 Å². The van der Waals surface area contributed by atoms with Crippen molar-refractivity contribution in [3.63, 3.8) is 0 Å². The Labute approximate surface area is 171 Å². The van der Waals surface area contributed by atoms with Crippen molar-refractivity contribution in [2.75, 3.05) is 19.6 Å². The van der Waals surface area contributed by atoms with E-state index in [1.807, 2.05) is 54.0 Å². The molecular formula is C22H28N4O3. The van der Waals surface area contributed by atoms with Crippen LogP contribution in [0.1, 0.15) is 61.3 Å². The van der Waals surface area contributed by atoms with Gasteiger partial charge in [-0.25, -0.2) is 0 Å². The van der Waals surface area contributed by atoms with Crippen LogP contribution in [0.4, 0.5) is 0 Å². The number of carbonyl (C=O) groups is 2. The molecule has 2 aromatic rings. The maximum Gasteiger partial charge on any atom is 0.254 e. The van der Waals surface area contributed by atoms with E-state index in [1.165, 1.54) is 0 Å². The van der Waals surface area contributed by atoms with Crippen LogP contribution in [0.2, 0.25) is 0 Å². The maximum absolute atomic E-state index is 13.3. The number of likely N-dealkylation sites (tertiary alicyclic amines) is 2. The second-order valence-electron chi connectivity index (χ2n) is 8.66. The molecule has 1 spiro atoms. The molecule has 7 heteroatoms. The van der Waals surface area contributed by atoms with E-state index in [0.29, 0.717) is 23.9 Å². The highest BCUT2D eigenvalue weighted by atomic mass is 16.4. The third-order valence-electron chi connectivity index (χ3n) is 6.25. The molecule has 2 amide bonds. The van der Waals surface area contributed by atoms with E-state index in [0.717, 1.165) is 32.4 Å². The molecule has 1 unspecified atom stereocenters. The standard InChI is InChI=1S/C22H28N4O3/c1-15(2)20(27)25-11-9-22(10-12-25)13-18(19-24-23-16(3)29-19)26(14-22)21(28)17-7-5-4-6-8-17/h4-8,15,18H,9-14H2,1-3H3. The van der Waals surface area contributed by atoms with Crippen molar-refractivity contribution >= 4 is 11.8 Å². The molecule has 1 aromatic carbocycles. The van der Waals surface area contributed by atoms with Gasteiger partial charge in [-0.15, -0.1) is 10.2 Å². The second kappa shape index (κ2) is 7.61. The lowest BCUT2D eigenvalue weighted by atomic mass is 9.76. The van der Waals surface area contributed by atoms with E-state index in [-0.39, 0.29) is 29.2 Å². The number of hydrogen-bond acceptors (Lipinski definition) is 5. The molecule has 2 aliphatic rings. The number of amides is 2. The number of hydrogen-bond donors (Lipinski definition) is 0. The summed E-state index contributed by atoms with van der Waals surface area (Å²) in [6, 6.07) is 9.11. The number of aromatic nitrogens is 2. The van der Waals surface area contributed by atoms with E-state index in [9.17, 15) is 9.59 Å². The van der Waals surface area contributed by atoms with Crippen LogP contribution in [-0.2, 0) is 4.79 Å². The Kier molecular flexibility index (Phi) is 5.15. The molecule has 0 bridgehead atoms. The van der Waals surface area contributed by atoms with Gasteiger partial charge < -0.3 is 14.2 Å². The molecule has 0 radical (unpaired) electrons. The van der Waals surface area contributed by atoms with Crippen molar-refractivity contribution in [3.8, 4) is 0 Å². The van der Waals surface area contributed by atoms with Gasteiger partial charge in [0.05, 0.1) is 0 Å². The number of carbonyl (C=O) groups excluding carboxylic acids is 2. The zero-order chi connectivity index (χ0) is 20.6. The summed E-state index contributed by atoms with van der Waals surface area (Å²) >= 11 is 0.